The molecule has 0 unspecified atom stereocenters. The van der Waals surface area contributed by atoms with Crippen LogP contribution in [-0.2, 0) is 6.54 Å². The molecule has 1 N–H and O–H groups in total. The van der Waals surface area contributed by atoms with E-state index in [1.807, 2.05) is 10.7 Å². The van der Waals surface area contributed by atoms with Crippen molar-refractivity contribution in [2.75, 3.05) is 19.5 Å². The minimum Gasteiger partial charge on any atom is -0.467 e. The third-order valence-corrected chi connectivity index (χ3v) is 2.40. The van der Waals surface area contributed by atoms with Gasteiger partial charge in [0.1, 0.15) is 5.69 Å². The molecule has 0 saturated heterocycles. The van der Waals surface area contributed by atoms with Crippen LogP contribution in [0.5, 0.6) is 6.01 Å². The summed E-state index contributed by atoms with van der Waals surface area (Å²) in [6, 6.07) is 2.16. The molecule has 96 valence electrons. The third-order valence-electron chi connectivity index (χ3n) is 2.40. The number of methoxy groups -OCH3 is 1. The Morgan fingerprint density at radius 2 is 2.17 bits per heavy atom. The summed E-state index contributed by atoms with van der Waals surface area (Å²) < 4.78 is 6.93. The van der Waals surface area contributed by atoms with Gasteiger partial charge in [0, 0.05) is 19.8 Å². The highest BCUT2D eigenvalue weighted by Gasteiger charge is 2.12. The Morgan fingerprint density at radius 3 is 2.83 bits per heavy atom. The summed E-state index contributed by atoms with van der Waals surface area (Å²) in [4.78, 5) is 12.6. The normalized spacial score (nSPS) is 10.4. The highest BCUT2D eigenvalue weighted by atomic mass is 16.5. The number of hydrogen-bond donors (Lipinski definition) is 1. The predicted octanol–water partition coefficient (Wildman–Crippen LogP) is 1.20. The van der Waals surface area contributed by atoms with Crippen LogP contribution in [-0.4, -0.2) is 38.9 Å². The Bertz CT molecular complexity index is 502. The van der Waals surface area contributed by atoms with Gasteiger partial charge >= 0.3 is 6.01 Å². The molecule has 2 aromatic heterocycles. The lowest BCUT2D eigenvalue weighted by Crippen LogP contribution is -2.07. The standard InChI is InChI=1S/C11H16N6O/c1-4-7-17-8(5-6-13-17)9-14-10(12-2)16-11(15-9)18-3/h5-6H,4,7H2,1-3H3,(H,12,14,15,16). The van der Waals surface area contributed by atoms with E-state index in [9.17, 15) is 0 Å². The molecule has 0 saturated carbocycles. The summed E-state index contributed by atoms with van der Waals surface area (Å²) in [5.41, 5.74) is 0.856. The minimum atomic E-state index is 0.286. The van der Waals surface area contributed by atoms with Gasteiger partial charge in [-0.25, -0.2) is 0 Å². The number of rotatable bonds is 5. The monoisotopic (exact) mass is 248 g/mol. The van der Waals surface area contributed by atoms with Crippen LogP contribution in [0.1, 0.15) is 13.3 Å². The summed E-state index contributed by atoms with van der Waals surface area (Å²) in [6.45, 7) is 2.92. The largest absolute Gasteiger partial charge is 0.467 e. The van der Waals surface area contributed by atoms with E-state index in [4.69, 9.17) is 4.74 Å². The van der Waals surface area contributed by atoms with Gasteiger partial charge in [-0.3, -0.25) is 4.68 Å². The quantitative estimate of drug-likeness (QED) is 0.856. The van der Waals surface area contributed by atoms with Gasteiger partial charge in [0.25, 0.3) is 0 Å². The Kier molecular flexibility index (Phi) is 3.71. The highest BCUT2D eigenvalue weighted by molar-refractivity contribution is 5.51. The summed E-state index contributed by atoms with van der Waals surface area (Å²) in [7, 11) is 3.28. The van der Waals surface area contributed by atoms with Gasteiger partial charge in [0.05, 0.1) is 7.11 Å². The first-order valence-corrected chi connectivity index (χ1v) is 5.78. The maximum Gasteiger partial charge on any atom is 0.321 e. The van der Waals surface area contributed by atoms with E-state index in [1.165, 1.54) is 7.11 Å². The average molecular weight is 248 g/mol. The number of nitrogens with zero attached hydrogens (tertiary/aromatic N) is 5. The number of aryl methyl sites for hydroxylation is 1. The summed E-state index contributed by atoms with van der Waals surface area (Å²) in [5.74, 6) is 1.03. The van der Waals surface area contributed by atoms with Crippen LogP contribution in [0.3, 0.4) is 0 Å². The molecule has 0 amide bonds. The fourth-order valence-corrected chi connectivity index (χ4v) is 1.59. The summed E-state index contributed by atoms with van der Waals surface area (Å²) in [5, 5.41) is 7.13. The lowest BCUT2D eigenvalue weighted by Gasteiger charge is -2.07. The summed E-state index contributed by atoms with van der Waals surface area (Å²) >= 11 is 0. The van der Waals surface area contributed by atoms with Gasteiger partial charge in [-0.1, -0.05) is 6.92 Å². The molecule has 0 bridgehead atoms. The molecule has 0 aliphatic carbocycles. The molecule has 0 spiro atoms. The Morgan fingerprint density at radius 1 is 1.33 bits per heavy atom. The highest BCUT2D eigenvalue weighted by Crippen LogP contribution is 2.18. The molecule has 0 aliphatic heterocycles. The molecule has 0 aliphatic rings. The summed E-state index contributed by atoms with van der Waals surface area (Å²) in [6.07, 6.45) is 2.73. The predicted molar refractivity (Wildman–Crippen MR) is 67.4 cm³/mol. The van der Waals surface area contributed by atoms with Gasteiger partial charge in [-0.05, 0) is 12.5 Å². The Hall–Kier alpha value is -2.18. The molecule has 7 heteroatoms. The van der Waals surface area contributed by atoms with Gasteiger partial charge in [0.15, 0.2) is 5.82 Å². The van der Waals surface area contributed by atoms with Crippen LogP contribution >= 0.6 is 0 Å². The Labute approximate surface area is 105 Å². The smallest absolute Gasteiger partial charge is 0.321 e. The zero-order valence-electron chi connectivity index (χ0n) is 10.7. The van der Waals surface area contributed by atoms with E-state index in [2.05, 4.69) is 32.3 Å². The van der Waals surface area contributed by atoms with Crippen molar-refractivity contribution in [1.82, 2.24) is 24.7 Å². The molecule has 0 aromatic carbocycles. The van der Waals surface area contributed by atoms with E-state index < -0.39 is 0 Å². The number of anilines is 1. The molecule has 2 heterocycles. The number of aromatic nitrogens is 5. The zero-order chi connectivity index (χ0) is 13.0. The third kappa shape index (κ3) is 2.39. The first-order chi connectivity index (χ1) is 8.78. The van der Waals surface area contributed by atoms with Crippen LogP contribution in [0.4, 0.5) is 5.95 Å². The van der Waals surface area contributed by atoms with E-state index in [0.717, 1.165) is 18.7 Å². The van der Waals surface area contributed by atoms with E-state index in [1.54, 1.807) is 13.2 Å². The van der Waals surface area contributed by atoms with Crippen molar-refractivity contribution in [3.05, 3.63) is 12.3 Å². The zero-order valence-corrected chi connectivity index (χ0v) is 10.7. The molecule has 18 heavy (non-hydrogen) atoms. The van der Waals surface area contributed by atoms with Crippen molar-refractivity contribution >= 4 is 5.95 Å². The average Bonchev–Trinajstić information content (AvgIpc) is 2.87. The van der Waals surface area contributed by atoms with Gasteiger partial charge in [0.2, 0.25) is 5.95 Å². The SMILES string of the molecule is CCCn1nccc1-c1nc(NC)nc(OC)n1. The lowest BCUT2D eigenvalue weighted by molar-refractivity contribution is 0.379. The van der Waals surface area contributed by atoms with Gasteiger partial charge in [-0.2, -0.15) is 20.1 Å². The van der Waals surface area contributed by atoms with Crippen molar-refractivity contribution in [2.45, 2.75) is 19.9 Å². The van der Waals surface area contributed by atoms with E-state index in [-0.39, 0.29) is 6.01 Å². The molecule has 0 fully saturated rings. The Balaban J connectivity index is 2.45. The number of ether oxygens (including phenoxy) is 1. The van der Waals surface area contributed by atoms with Crippen LogP contribution in [0.2, 0.25) is 0 Å². The minimum absolute atomic E-state index is 0.286. The van der Waals surface area contributed by atoms with Crippen LogP contribution < -0.4 is 10.1 Å². The maximum atomic E-state index is 5.06. The van der Waals surface area contributed by atoms with E-state index >= 15 is 0 Å². The van der Waals surface area contributed by atoms with Crippen molar-refractivity contribution in [3.63, 3.8) is 0 Å². The van der Waals surface area contributed by atoms with Crippen molar-refractivity contribution in [2.24, 2.45) is 0 Å². The number of nitrogens with one attached hydrogen (secondary N) is 1. The van der Waals surface area contributed by atoms with Gasteiger partial charge in [-0.15, -0.1) is 0 Å². The second-order valence-electron chi connectivity index (χ2n) is 3.66. The number of hydrogen-bond acceptors (Lipinski definition) is 6. The maximum absolute atomic E-state index is 5.06. The van der Waals surface area contributed by atoms with Crippen molar-refractivity contribution < 1.29 is 4.74 Å². The first-order valence-electron chi connectivity index (χ1n) is 5.78. The molecular formula is C11H16N6O. The fraction of sp³-hybridized carbons (Fsp3) is 0.455. The molecule has 2 aromatic rings. The van der Waals surface area contributed by atoms with Crippen LogP contribution in [0.25, 0.3) is 11.5 Å². The molecule has 7 nitrogen and oxygen atoms in total. The topological polar surface area (TPSA) is 77.8 Å². The van der Waals surface area contributed by atoms with Crippen molar-refractivity contribution in [3.8, 4) is 17.5 Å². The second-order valence-corrected chi connectivity index (χ2v) is 3.66. The molecule has 0 radical (unpaired) electrons. The molecule has 0 atom stereocenters. The van der Waals surface area contributed by atoms with E-state index in [0.29, 0.717) is 11.8 Å². The van der Waals surface area contributed by atoms with Gasteiger partial charge < -0.3 is 10.1 Å². The molecular weight excluding hydrogens is 232 g/mol. The first kappa shape index (κ1) is 12.3. The van der Waals surface area contributed by atoms with Crippen LogP contribution in [0.15, 0.2) is 12.3 Å². The fourth-order valence-electron chi connectivity index (χ4n) is 1.59. The molecule has 2 rings (SSSR count). The van der Waals surface area contributed by atoms with Crippen LogP contribution in [0, 0.1) is 0 Å². The lowest BCUT2D eigenvalue weighted by atomic mass is 10.4. The van der Waals surface area contributed by atoms with Crippen molar-refractivity contribution in [1.29, 1.82) is 0 Å². The second kappa shape index (κ2) is 5.44.